The molecule has 1 fully saturated rings. The predicted molar refractivity (Wildman–Crippen MR) is 102 cm³/mol. The van der Waals surface area contributed by atoms with E-state index in [9.17, 15) is 0 Å². The Kier molecular flexibility index (Phi) is 3.57. The summed E-state index contributed by atoms with van der Waals surface area (Å²) in [4.78, 5) is 7.55. The maximum Gasteiger partial charge on any atom is 0.179 e. The number of nitriles is 1. The Morgan fingerprint density at radius 2 is 2.19 bits per heavy atom. The first-order valence-corrected chi connectivity index (χ1v) is 9.17. The van der Waals surface area contributed by atoms with Crippen LogP contribution >= 0.6 is 0 Å². The molecule has 0 spiro atoms. The van der Waals surface area contributed by atoms with Crippen molar-refractivity contribution in [3.63, 3.8) is 0 Å². The first-order valence-electron chi connectivity index (χ1n) is 9.17. The number of aromatic amines is 1. The standard InChI is InChI=1S/C20H19N7/c1-12-7-15(24-14-4-2-3-13(8-14)10-21)9-16(12)20-26-25-18-11-23-19-17(27(18)20)5-6-22-19/h2-6,8,11-12,15-16,22,24H,7,9H2,1H3/t12-,15+,16+/m1/s1. The maximum atomic E-state index is 9.10. The third-order valence-electron chi connectivity index (χ3n) is 5.54. The number of hydrogen-bond donors (Lipinski definition) is 2. The van der Waals surface area contributed by atoms with Gasteiger partial charge in [-0.05, 0) is 43.0 Å². The van der Waals surface area contributed by atoms with Crippen LogP contribution in [-0.4, -0.2) is 30.6 Å². The van der Waals surface area contributed by atoms with Crippen molar-refractivity contribution in [1.82, 2.24) is 24.6 Å². The molecule has 2 N–H and O–H groups in total. The smallest absolute Gasteiger partial charge is 0.179 e. The summed E-state index contributed by atoms with van der Waals surface area (Å²) >= 11 is 0. The molecular formula is C20H19N7. The lowest BCUT2D eigenvalue weighted by Crippen LogP contribution is -2.15. The normalized spacial score (nSPS) is 22.3. The van der Waals surface area contributed by atoms with Crippen LogP contribution in [0.5, 0.6) is 0 Å². The summed E-state index contributed by atoms with van der Waals surface area (Å²) in [6.07, 6.45) is 5.69. The number of benzene rings is 1. The molecule has 5 rings (SSSR count). The number of rotatable bonds is 3. The van der Waals surface area contributed by atoms with Gasteiger partial charge in [-0.1, -0.05) is 13.0 Å². The molecule has 1 aromatic carbocycles. The fourth-order valence-corrected chi connectivity index (χ4v) is 4.28. The second-order valence-corrected chi connectivity index (χ2v) is 7.31. The molecule has 1 saturated carbocycles. The van der Waals surface area contributed by atoms with E-state index >= 15 is 0 Å². The van der Waals surface area contributed by atoms with E-state index < -0.39 is 0 Å². The summed E-state index contributed by atoms with van der Waals surface area (Å²) in [5.41, 5.74) is 4.31. The molecular weight excluding hydrogens is 338 g/mol. The molecule has 3 atom stereocenters. The number of H-pyrrole nitrogens is 1. The third kappa shape index (κ3) is 2.61. The van der Waals surface area contributed by atoms with Crippen molar-refractivity contribution in [1.29, 1.82) is 5.26 Å². The van der Waals surface area contributed by atoms with Crippen LogP contribution in [0.15, 0.2) is 42.7 Å². The zero-order valence-electron chi connectivity index (χ0n) is 14.9. The lowest BCUT2D eigenvalue weighted by molar-refractivity contribution is 0.507. The highest BCUT2D eigenvalue weighted by atomic mass is 15.3. The van der Waals surface area contributed by atoms with Crippen LogP contribution < -0.4 is 5.32 Å². The summed E-state index contributed by atoms with van der Waals surface area (Å²) in [5.74, 6) is 1.80. The van der Waals surface area contributed by atoms with Crippen molar-refractivity contribution in [3.05, 3.63) is 54.1 Å². The Balaban J connectivity index is 1.45. The lowest BCUT2D eigenvalue weighted by Gasteiger charge is -2.14. The predicted octanol–water partition coefficient (Wildman–Crippen LogP) is 3.47. The summed E-state index contributed by atoms with van der Waals surface area (Å²) in [6.45, 7) is 2.27. The number of aromatic nitrogens is 5. The van der Waals surface area contributed by atoms with Gasteiger partial charge in [-0.15, -0.1) is 10.2 Å². The molecule has 0 unspecified atom stereocenters. The molecule has 1 aliphatic carbocycles. The first kappa shape index (κ1) is 15.8. The number of nitrogens with one attached hydrogen (secondary N) is 2. The monoisotopic (exact) mass is 357 g/mol. The van der Waals surface area contributed by atoms with Gasteiger partial charge in [-0.2, -0.15) is 5.26 Å². The molecule has 134 valence electrons. The SMILES string of the molecule is C[C@@H]1C[C@H](Nc2cccc(C#N)c2)C[C@@H]1c1nnc2cnc3[nH]ccc3n12. The van der Waals surface area contributed by atoms with Crippen molar-refractivity contribution >= 4 is 22.5 Å². The molecule has 1 aliphatic rings. The van der Waals surface area contributed by atoms with Gasteiger partial charge in [0, 0.05) is 23.8 Å². The van der Waals surface area contributed by atoms with Gasteiger partial charge in [0.05, 0.1) is 23.3 Å². The van der Waals surface area contributed by atoms with E-state index in [1.54, 1.807) is 6.20 Å². The highest BCUT2D eigenvalue weighted by molar-refractivity contribution is 5.74. The van der Waals surface area contributed by atoms with Gasteiger partial charge in [0.2, 0.25) is 0 Å². The molecule has 0 amide bonds. The Labute approximate surface area is 156 Å². The van der Waals surface area contributed by atoms with E-state index in [0.717, 1.165) is 41.2 Å². The number of hydrogen-bond acceptors (Lipinski definition) is 5. The van der Waals surface area contributed by atoms with Gasteiger partial charge in [0.1, 0.15) is 5.82 Å². The Bertz CT molecular complexity index is 1170. The zero-order chi connectivity index (χ0) is 18.4. The minimum Gasteiger partial charge on any atom is -0.382 e. The van der Waals surface area contributed by atoms with Gasteiger partial charge in [-0.3, -0.25) is 4.40 Å². The van der Waals surface area contributed by atoms with Crippen LogP contribution in [0.25, 0.3) is 16.8 Å². The molecule has 0 saturated heterocycles. The highest BCUT2D eigenvalue weighted by Gasteiger charge is 2.35. The Morgan fingerprint density at radius 1 is 1.26 bits per heavy atom. The van der Waals surface area contributed by atoms with E-state index in [2.05, 4.69) is 42.9 Å². The largest absolute Gasteiger partial charge is 0.382 e. The summed E-state index contributed by atoms with van der Waals surface area (Å²) < 4.78 is 2.12. The van der Waals surface area contributed by atoms with Crippen LogP contribution in [0.2, 0.25) is 0 Å². The second kappa shape index (κ2) is 6.09. The van der Waals surface area contributed by atoms with E-state index in [1.165, 1.54) is 0 Å². The van der Waals surface area contributed by atoms with Crippen LogP contribution in [0, 0.1) is 17.2 Å². The summed E-state index contributed by atoms with van der Waals surface area (Å²) in [5, 5.41) is 21.5. The minimum atomic E-state index is 0.317. The van der Waals surface area contributed by atoms with Gasteiger partial charge in [-0.25, -0.2) is 4.98 Å². The third-order valence-corrected chi connectivity index (χ3v) is 5.54. The van der Waals surface area contributed by atoms with Crippen molar-refractivity contribution in [2.45, 2.75) is 31.7 Å². The average Bonchev–Trinajstić information content (AvgIpc) is 3.39. The Morgan fingerprint density at radius 3 is 3.07 bits per heavy atom. The van der Waals surface area contributed by atoms with Crippen molar-refractivity contribution < 1.29 is 0 Å². The molecule has 0 bridgehead atoms. The van der Waals surface area contributed by atoms with Crippen molar-refractivity contribution in [3.8, 4) is 6.07 Å². The summed E-state index contributed by atoms with van der Waals surface area (Å²) in [6, 6.07) is 12.2. The Hall–Kier alpha value is -3.40. The molecule has 0 aliphatic heterocycles. The van der Waals surface area contributed by atoms with E-state index in [4.69, 9.17) is 5.26 Å². The second-order valence-electron chi connectivity index (χ2n) is 7.31. The van der Waals surface area contributed by atoms with Crippen molar-refractivity contribution in [2.24, 2.45) is 5.92 Å². The van der Waals surface area contributed by atoms with E-state index in [1.807, 2.05) is 36.5 Å². The lowest BCUT2D eigenvalue weighted by atomic mass is 9.97. The number of anilines is 1. The van der Waals surface area contributed by atoms with Crippen LogP contribution in [0.4, 0.5) is 5.69 Å². The van der Waals surface area contributed by atoms with Crippen molar-refractivity contribution in [2.75, 3.05) is 5.32 Å². The van der Waals surface area contributed by atoms with Gasteiger partial charge < -0.3 is 10.3 Å². The fourth-order valence-electron chi connectivity index (χ4n) is 4.28. The van der Waals surface area contributed by atoms with E-state index in [0.29, 0.717) is 23.4 Å². The number of fused-ring (bicyclic) bond motifs is 3. The topological polar surface area (TPSA) is 94.7 Å². The molecule has 7 nitrogen and oxygen atoms in total. The minimum absolute atomic E-state index is 0.317. The van der Waals surface area contributed by atoms with Gasteiger partial charge in [0.15, 0.2) is 11.3 Å². The molecule has 7 heteroatoms. The maximum absolute atomic E-state index is 9.10. The van der Waals surface area contributed by atoms with Gasteiger partial charge in [0.25, 0.3) is 0 Å². The zero-order valence-corrected chi connectivity index (χ0v) is 14.9. The van der Waals surface area contributed by atoms with Crippen LogP contribution in [0.1, 0.15) is 37.1 Å². The fraction of sp³-hybridized carbons (Fsp3) is 0.300. The quantitative estimate of drug-likeness (QED) is 0.585. The highest BCUT2D eigenvalue weighted by Crippen LogP contribution is 2.40. The number of nitrogens with zero attached hydrogens (tertiary/aromatic N) is 5. The molecule has 3 aromatic heterocycles. The first-order chi connectivity index (χ1) is 13.2. The molecule has 27 heavy (non-hydrogen) atoms. The summed E-state index contributed by atoms with van der Waals surface area (Å²) in [7, 11) is 0. The van der Waals surface area contributed by atoms with Crippen LogP contribution in [0.3, 0.4) is 0 Å². The average molecular weight is 357 g/mol. The van der Waals surface area contributed by atoms with Gasteiger partial charge >= 0.3 is 0 Å². The van der Waals surface area contributed by atoms with E-state index in [-0.39, 0.29) is 0 Å². The molecule has 4 aromatic rings. The molecule has 3 heterocycles. The molecule has 0 radical (unpaired) electrons. The van der Waals surface area contributed by atoms with Crippen LogP contribution in [-0.2, 0) is 0 Å².